The molecule has 0 radical (unpaired) electrons. The Bertz CT molecular complexity index is 182. The van der Waals surface area contributed by atoms with Crippen LogP contribution in [0.4, 0.5) is 0 Å². The van der Waals surface area contributed by atoms with Crippen molar-refractivity contribution in [3.8, 4) is 0 Å². The number of unbranched alkanes of at least 4 members (excludes halogenated alkanes) is 9. The van der Waals surface area contributed by atoms with E-state index in [1.807, 2.05) is 0 Å². The second-order valence-electron chi connectivity index (χ2n) is 5.68. The van der Waals surface area contributed by atoms with Crippen LogP contribution in [0.1, 0.15) is 97.8 Å². The highest BCUT2D eigenvalue weighted by atomic mass is 16.4. The van der Waals surface area contributed by atoms with Gasteiger partial charge in [0.1, 0.15) is 0 Å². The third-order valence-electron chi connectivity index (χ3n) is 3.44. The highest BCUT2D eigenvalue weighted by molar-refractivity contribution is 5.66. The molecular weight excluding hydrogens is 262 g/mol. The number of rotatable bonds is 14. The van der Waals surface area contributed by atoms with Crippen LogP contribution in [-0.2, 0) is 4.79 Å². The van der Waals surface area contributed by atoms with Crippen molar-refractivity contribution in [2.24, 2.45) is 0 Å². The van der Waals surface area contributed by atoms with Crippen LogP contribution in [0.2, 0.25) is 0 Å². The van der Waals surface area contributed by atoms with E-state index in [4.69, 9.17) is 5.11 Å². The Labute approximate surface area is 132 Å². The Morgan fingerprint density at radius 1 is 0.714 bits per heavy atom. The van der Waals surface area contributed by atoms with Gasteiger partial charge in [0.2, 0.25) is 0 Å². The maximum atomic E-state index is 9.37. The van der Waals surface area contributed by atoms with Gasteiger partial charge in [0, 0.05) is 6.42 Å². The molecule has 128 valence electrons. The molecule has 0 amide bonds. The third kappa shape index (κ3) is 28.3. The molecule has 0 fully saturated rings. The molecule has 0 atom stereocenters. The lowest BCUT2D eigenvalue weighted by Crippen LogP contribution is -2.15. The van der Waals surface area contributed by atoms with E-state index in [0.717, 1.165) is 0 Å². The maximum absolute atomic E-state index is 9.37. The van der Waals surface area contributed by atoms with Crippen LogP contribution in [0.15, 0.2) is 0 Å². The first-order valence-corrected chi connectivity index (χ1v) is 9.11. The molecule has 0 aliphatic carbocycles. The number of carbonyl (C=O) groups is 1. The summed E-state index contributed by atoms with van der Waals surface area (Å²) in [4.78, 5) is 9.37. The van der Waals surface area contributed by atoms with Gasteiger partial charge in [0.05, 0.1) is 0 Å². The Kier molecular flexibility index (Phi) is 23.5. The Morgan fingerprint density at radius 3 is 1.52 bits per heavy atom. The van der Waals surface area contributed by atoms with E-state index < -0.39 is 5.97 Å². The average Bonchev–Trinajstić information content (AvgIpc) is 2.49. The van der Waals surface area contributed by atoms with Crippen LogP contribution in [0.5, 0.6) is 0 Å². The maximum Gasteiger partial charge on any atom is 0.303 e. The van der Waals surface area contributed by atoms with Gasteiger partial charge in [-0.1, -0.05) is 78.6 Å². The van der Waals surface area contributed by atoms with Crippen LogP contribution >= 0.6 is 0 Å². The van der Waals surface area contributed by atoms with Crippen molar-refractivity contribution in [1.29, 1.82) is 0 Å². The lowest BCUT2D eigenvalue weighted by atomic mass is 10.1. The lowest BCUT2D eigenvalue weighted by Gasteiger charge is -2.03. The van der Waals surface area contributed by atoms with E-state index in [1.54, 1.807) is 6.92 Å². The van der Waals surface area contributed by atoms with Gasteiger partial charge in [0.15, 0.2) is 0 Å². The zero-order valence-electron chi connectivity index (χ0n) is 14.8. The summed E-state index contributed by atoms with van der Waals surface area (Å²) in [5.41, 5.74) is 0. The zero-order valence-corrected chi connectivity index (χ0v) is 14.8. The SMILES string of the molecule is CCC(=O)O.CCCCCCCCCCCCNCCC. The number of hydrogen-bond donors (Lipinski definition) is 2. The normalized spacial score (nSPS) is 10.0. The first kappa shape index (κ1) is 22.7. The largest absolute Gasteiger partial charge is 0.481 e. The first-order valence-electron chi connectivity index (χ1n) is 9.11. The summed E-state index contributed by atoms with van der Waals surface area (Å²) < 4.78 is 0. The van der Waals surface area contributed by atoms with Gasteiger partial charge in [0.25, 0.3) is 0 Å². The van der Waals surface area contributed by atoms with Crippen molar-refractivity contribution in [1.82, 2.24) is 5.32 Å². The number of aliphatic carboxylic acids is 1. The van der Waals surface area contributed by atoms with Crippen LogP contribution in [-0.4, -0.2) is 24.2 Å². The smallest absolute Gasteiger partial charge is 0.303 e. The van der Waals surface area contributed by atoms with Crippen molar-refractivity contribution in [2.75, 3.05) is 13.1 Å². The van der Waals surface area contributed by atoms with Gasteiger partial charge in [-0.05, 0) is 25.9 Å². The summed E-state index contributed by atoms with van der Waals surface area (Å²) in [6.07, 6.45) is 15.8. The molecular formula is C18H39NO2. The molecule has 0 aliphatic rings. The fourth-order valence-electron chi connectivity index (χ4n) is 2.04. The third-order valence-corrected chi connectivity index (χ3v) is 3.44. The highest BCUT2D eigenvalue weighted by Crippen LogP contribution is 2.10. The summed E-state index contributed by atoms with van der Waals surface area (Å²) >= 11 is 0. The molecule has 0 bridgehead atoms. The molecule has 2 N–H and O–H groups in total. The topological polar surface area (TPSA) is 49.3 Å². The Balaban J connectivity index is 0. The molecule has 3 nitrogen and oxygen atoms in total. The van der Waals surface area contributed by atoms with Gasteiger partial charge in [-0.2, -0.15) is 0 Å². The second-order valence-corrected chi connectivity index (χ2v) is 5.68. The molecule has 0 unspecified atom stereocenters. The fourth-order valence-corrected chi connectivity index (χ4v) is 2.04. The van der Waals surface area contributed by atoms with Gasteiger partial charge in [-0.3, -0.25) is 4.79 Å². The van der Waals surface area contributed by atoms with E-state index >= 15 is 0 Å². The predicted molar refractivity (Wildman–Crippen MR) is 92.9 cm³/mol. The fraction of sp³-hybridized carbons (Fsp3) is 0.944. The zero-order chi connectivity index (χ0) is 16.2. The minimum Gasteiger partial charge on any atom is -0.481 e. The van der Waals surface area contributed by atoms with Gasteiger partial charge < -0.3 is 10.4 Å². The quantitative estimate of drug-likeness (QED) is 0.423. The standard InChI is InChI=1S/C15H33N.C3H6O2/c1-3-5-6-7-8-9-10-11-12-13-15-16-14-4-2;1-2-3(4)5/h16H,3-15H2,1-2H3;2H2,1H3,(H,4,5). The number of carboxylic acid groups (broad SMARTS) is 1. The Morgan fingerprint density at radius 2 is 1.14 bits per heavy atom. The van der Waals surface area contributed by atoms with Gasteiger partial charge in [-0.25, -0.2) is 0 Å². The van der Waals surface area contributed by atoms with E-state index in [0.29, 0.717) is 0 Å². The van der Waals surface area contributed by atoms with Crippen molar-refractivity contribution >= 4 is 5.97 Å². The van der Waals surface area contributed by atoms with Crippen LogP contribution in [0.25, 0.3) is 0 Å². The first-order chi connectivity index (χ1) is 10.2. The number of hydrogen-bond acceptors (Lipinski definition) is 2. The second kappa shape index (κ2) is 21.7. The minimum absolute atomic E-state index is 0.222. The molecule has 0 heterocycles. The summed E-state index contributed by atoms with van der Waals surface area (Å²) in [5, 5.41) is 11.2. The molecule has 0 rings (SSSR count). The van der Waals surface area contributed by atoms with Crippen molar-refractivity contribution in [3.05, 3.63) is 0 Å². The molecule has 0 aromatic carbocycles. The molecule has 0 saturated heterocycles. The van der Waals surface area contributed by atoms with Crippen LogP contribution in [0.3, 0.4) is 0 Å². The summed E-state index contributed by atoms with van der Waals surface area (Å²) in [6.45, 7) is 8.53. The lowest BCUT2D eigenvalue weighted by molar-refractivity contribution is -0.136. The van der Waals surface area contributed by atoms with Crippen molar-refractivity contribution in [3.63, 3.8) is 0 Å². The van der Waals surface area contributed by atoms with Crippen LogP contribution in [0, 0.1) is 0 Å². The highest BCUT2D eigenvalue weighted by Gasteiger charge is 1.92. The molecule has 0 aromatic heterocycles. The van der Waals surface area contributed by atoms with Crippen molar-refractivity contribution < 1.29 is 9.90 Å². The van der Waals surface area contributed by atoms with Gasteiger partial charge >= 0.3 is 5.97 Å². The number of nitrogens with one attached hydrogen (secondary N) is 1. The monoisotopic (exact) mass is 301 g/mol. The van der Waals surface area contributed by atoms with Gasteiger partial charge in [-0.15, -0.1) is 0 Å². The van der Waals surface area contributed by atoms with E-state index in [2.05, 4.69) is 19.2 Å². The molecule has 0 spiro atoms. The molecule has 21 heavy (non-hydrogen) atoms. The van der Waals surface area contributed by atoms with Crippen molar-refractivity contribution in [2.45, 2.75) is 97.8 Å². The Hall–Kier alpha value is -0.570. The summed E-state index contributed by atoms with van der Waals surface area (Å²) in [7, 11) is 0. The van der Waals surface area contributed by atoms with E-state index in [1.165, 1.54) is 83.7 Å². The average molecular weight is 302 g/mol. The predicted octanol–water partition coefficient (Wildman–Crippen LogP) is 5.39. The number of carboxylic acids is 1. The summed E-state index contributed by atoms with van der Waals surface area (Å²) in [5.74, 6) is -0.745. The molecule has 0 aliphatic heterocycles. The molecule has 0 aromatic rings. The molecule has 0 saturated carbocycles. The summed E-state index contributed by atoms with van der Waals surface area (Å²) in [6, 6.07) is 0. The van der Waals surface area contributed by atoms with E-state index in [9.17, 15) is 4.79 Å². The van der Waals surface area contributed by atoms with Crippen LogP contribution < -0.4 is 5.32 Å². The van der Waals surface area contributed by atoms with E-state index in [-0.39, 0.29) is 6.42 Å². The minimum atomic E-state index is -0.745. The molecule has 3 heteroatoms.